The fourth-order valence-electron chi connectivity index (χ4n) is 1.40. The van der Waals surface area contributed by atoms with Gasteiger partial charge in [0, 0.05) is 5.56 Å². The molecule has 0 N–H and O–H groups in total. The van der Waals surface area contributed by atoms with Crippen molar-refractivity contribution in [2.24, 2.45) is 0 Å². The van der Waals surface area contributed by atoms with E-state index in [1.54, 1.807) is 24.5 Å². The molecule has 0 atom stereocenters. The van der Waals surface area contributed by atoms with E-state index in [-0.39, 0.29) is 0 Å². The number of hydrogen-bond acceptors (Lipinski definition) is 4. The van der Waals surface area contributed by atoms with Crippen LogP contribution in [0.15, 0.2) is 36.7 Å². The van der Waals surface area contributed by atoms with E-state index in [0.717, 1.165) is 5.56 Å². The molecule has 0 aliphatic carbocycles. The zero-order valence-electron chi connectivity index (χ0n) is 9.42. The molecule has 0 unspecified atom stereocenters. The highest BCUT2D eigenvalue weighted by atomic mass is 16.5. The first-order valence-corrected chi connectivity index (χ1v) is 5.29. The second kappa shape index (κ2) is 5.08. The minimum absolute atomic E-state index is 0.597. The summed E-state index contributed by atoms with van der Waals surface area (Å²) in [7, 11) is 0. The minimum Gasteiger partial charge on any atom is -0.491 e. The average Bonchev–Trinajstić information content (AvgIpc) is 2.40. The van der Waals surface area contributed by atoms with E-state index in [4.69, 9.17) is 10.00 Å². The summed E-state index contributed by atoms with van der Waals surface area (Å²) in [6.45, 7) is 2.51. The summed E-state index contributed by atoms with van der Waals surface area (Å²) in [6.07, 6.45) is 3.29. The van der Waals surface area contributed by atoms with Gasteiger partial charge in [0.1, 0.15) is 0 Å². The lowest BCUT2D eigenvalue weighted by Gasteiger charge is -2.03. The molecule has 4 nitrogen and oxygen atoms in total. The number of benzene rings is 1. The van der Waals surface area contributed by atoms with Gasteiger partial charge in [0.05, 0.1) is 30.6 Å². The molecular formula is C13H11N3O. The standard InChI is InChI=1S/C13H11N3O/c1-2-17-12-8-15-13(16-9-12)11-5-3-10(7-14)4-6-11/h3-6,8-9H,2H2,1H3. The van der Waals surface area contributed by atoms with Crippen molar-refractivity contribution in [1.29, 1.82) is 5.26 Å². The first-order valence-electron chi connectivity index (χ1n) is 5.29. The Kier molecular flexibility index (Phi) is 3.31. The molecule has 0 fully saturated rings. The normalized spacial score (nSPS) is 9.65. The summed E-state index contributed by atoms with van der Waals surface area (Å²) >= 11 is 0. The van der Waals surface area contributed by atoms with E-state index in [9.17, 15) is 0 Å². The Hall–Kier alpha value is -2.41. The molecule has 17 heavy (non-hydrogen) atoms. The molecule has 0 saturated heterocycles. The largest absolute Gasteiger partial charge is 0.491 e. The SMILES string of the molecule is CCOc1cnc(-c2ccc(C#N)cc2)nc1. The average molecular weight is 225 g/mol. The Morgan fingerprint density at radius 2 is 1.82 bits per heavy atom. The number of ether oxygens (including phenoxy) is 1. The predicted octanol–water partition coefficient (Wildman–Crippen LogP) is 2.41. The van der Waals surface area contributed by atoms with Crippen LogP contribution < -0.4 is 4.74 Å². The molecule has 0 radical (unpaired) electrons. The van der Waals surface area contributed by atoms with Crippen molar-refractivity contribution in [1.82, 2.24) is 9.97 Å². The maximum Gasteiger partial charge on any atom is 0.159 e. The molecule has 0 aliphatic rings. The van der Waals surface area contributed by atoms with Gasteiger partial charge in [0.2, 0.25) is 0 Å². The van der Waals surface area contributed by atoms with Crippen molar-refractivity contribution in [3.63, 3.8) is 0 Å². The molecule has 0 spiro atoms. The maximum absolute atomic E-state index is 8.70. The summed E-state index contributed by atoms with van der Waals surface area (Å²) in [5, 5.41) is 8.70. The first-order chi connectivity index (χ1) is 8.33. The molecule has 0 aliphatic heterocycles. The van der Waals surface area contributed by atoms with Crippen LogP contribution in [-0.2, 0) is 0 Å². The molecule has 2 rings (SSSR count). The summed E-state index contributed by atoms with van der Waals surface area (Å²) in [5.74, 6) is 1.28. The molecule has 1 aromatic heterocycles. The molecule has 0 bridgehead atoms. The van der Waals surface area contributed by atoms with E-state index in [2.05, 4.69) is 16.0 Å². The van der Waals surface area contributed by atoms with Crippen molar-refractivity contribution in [3.05, 3.63) is 42.2 Å². The molecule has 0 saturated carbocycles. The summed E-state index contributed by atoms with van der Waals surface area (Å²) in [4.78, 5) is 8.41. The Balaban J connectivity index is 2.24. The van der Waals surface area contributed by atoms with Crippen molar-refractivity contribution in [3.8, 4) is 23.2 Å². The Morgan fingerprint density at radius 3 is 2.35 bits per heavy atom. The van der Waals surface area contributed by atoms with Crippen molar-refractivity contribution < 1.29 is 4.74 Å². The van der Waals surface area contributed by atoms with E-state index in [1.807, 2.05) is 19.1 Å². The number of aromatic nitrogens is 2. The van der Waals surface area contributed by atoms with Crippen LogP contribution in [-0.4, -0.2) is 16.6 Å². The van der Waals surface area contributed by atoms with Gasteiger partial charge >= 0.3 is 0 Å². The zero-order chi connectivity index (χ0) is 12.1. The Morgan fingerprint density at radius 1 is 1.18 bits per heavy atom. The summed E-state index contributed by atoms with van der Waals surface area (Å²) in [5.41, 5.74) is 1.51. The molecule has 1 heterocycles. The van der Waals surface area contributed by atoms with Gasteiger partial charge in [0.15, 0.2) is 11.6 Å². The third-order valence-electron chi connectivity index (χ3n) is 2.21. The van der Waals surface area contributed by atoms with Crippen LogP contribution in [0.25, 0.3) is 11.4 Å². The summed E-state index contributed by atoms with van der Waals surface area (Å²) < 4.78 is 5.27. The lowest BCUT2D eigenvalue weighted by Crippen LogP contribution is -1.94. The van der Waals surface area contributed by atoms with Gasteiger partial charge in [-0.05, 0) is 31.2 Å². The highest BCUT2D eigenvalue weighted by Gasteiger charge is 2.01. The van der Waals surface area contributed by atoms with Gasteiger partial charge < -0.3 is 4.74 Å². The van der Waals surface area contributed by atoms with Crippen molar-refractivity contribution >= 4 is 0 Å². The van der Waals surface area contributed by atoms with Crippen LogP contribution >= 0.6 is 0 Å². The van der Waals surface area contributed by atoms with Crippen LogP contribution in [0.4, 0.5) is 0 Å². The monoisotopic (exact) mass is 225 g/mol. The number of nitrogens with zero attached hydrogens (tertiary/aromatic N) is 3. The quantitative estimate of drug-likeness (QED) is 0.804. The molecule has 2 aromatic rings. The van der Waals surface area contributed by atoms with Gasteiger partial charge in [-0.3, -0.25) is 0 Å². The van der Waals surface area contributed by atoms with Crippen LogP contribution in [0.1, 0.15) is 12.5 Å². The molecule has 1 aromatic carbocycles. The predicted molar refractivity (Wildman–Crippen MR) is 63.4 cm³/mol. The lowest BCUT2D eigenvalue weighted by molar-refractivity contribution is 0.337. The smallest absolute Gasteiger partial charge is 0.159 e. The second-order valence-electron chi connectivity index (χ2n) is 3.36. The first kappa shape index (κ1) is 11.1. The van der Waals surface area contributed by atoms with Gasteiger partial charge in [-0.15, -0.1) is 0 Å². The third-order valence-corrected chi connectivity index (χ3v) is 2.21. The van der Waals surface area contributed by atoms with Gasteiger partial charge in [-0.2, -0.15) is 5.26 Å². The summed E-state index contributed by atoms with van der Waals surface area (Å²) in [6, 6.07) is 9.22. The second-order valence-corrected chi connectivity index (χ2v) is 3.36. The van der Waals surface area contributed by atoms with Gasteiger partial charge in [-0.1, -0.05) is 0 Å². The van der Waals surface area contributed by atoms with E-state index in [0.29, 0.717) is 23.7 Å². The van der Waals surface area contributed by atoms with Gasteiger partial charge in [0.25, 0.3) is 0 Å². The highest BCUT2D eigenvalue weighted by molar-refractivity contribution is 5.56. The topological polar surface area (TPSA) is 58.8 Å². The Bertz CT molecular complexity index is 526. The third kappa shape index (κ3) is 2.58. The molecule has 0 amide bonds. The van der Waals surface area contributed by atoms with Crippen LogP contribution in [0, 0.1) is 11.3 Å². The molecule has 84 valence electrons. The van der Waals surface area contributed by atoms with Crippen LogP contribution in [0.2, 0.25) is 0 Å². The lowest BCUT2D eigenvalue weighted by atomic mass is 10.1. The van der Waals surface area contributed by atoms with Crippen molar-refractivity contribution in [2.75, 3.05) is 6.61 Å². The van der Waals surface area contributed by atoms with Crippen LogP contribution in [0.5, 0.6) is 5.75 Å². The molecule has 4 heteroatoms. The fraction of sp³-hybridized carbons (Fsp3) is 0.154. The zero-order valence-corrected chi connectivity index (χ0v) is 9.42. The Labute approximate surface area is 99.5 Å². The minimum atomic E-state index is 0.597. The fourth-order valence-corrected chi connectivity index (χ4v) is 1.40. The molecular weight excluding hydrogens is 214 g/mol. The highest BCUT2D eigenvalue weighted by Crippen LogP contribution is 2.16. The number of nitriles is 1. The number of rotatable bonds is 3. The maximum atomic E-state index is 8.70. The van der Waals surface area contributed by atoms with Crippen LogP contribution in [0.3, 0.4) is 0 Å². The number of hydrogen-bond donors (Lipinski definition) is 0. The van der Waals surface area contributed by atoms with E-state index >= 15 is 0 Å². The van der Waals surface area contributed by atoms with Gasteiger partial charge in [-0.25, -0.2) is 9.97 Å². The van der Waals surface area contributed by atoms with Crippen molar-refractivity contribution in [2.45, 2.75) is 6.92 Å². The van der Waals surface area contributed by atoms with E-state index < -0.39 is 0 Å². The van der Waals surface area contributed by atoms with E-state index in [1.165, 1.54) is 0 Å².